The molecule has 1 rings (SSSR count). The molecule has 0 spiro atoms. The summed E-state index contributed by atoms with van der Waals surface area (Å²) in [4.78, 5) is 16.2. The summed E-state index contributed by atoms with van der Waals surface area (Å²) in [6, 6.07) is 0.537. The van der Waals surface area contributed by atoms with Gasteiger partial charge in [-0.3, -0.25) is 4.79 Å². The molecule has 0 bridgehead atoms. The fourth-order valence-corrected chi connectivity index (χ4v) is 2.09. The van der Waals surface area contributed by atoms with Crippen LogP contribution in [0.3, 0.4) is 0 Å². The quantitative estimate of drug-likeness (QED) is 0.795. The van der Waals surface area contributed by atoms with Crippen molar-refractivity contribution in [2.75, 3.05) is 33.7 Å². The maximum absolute atomic E-state index is 12.0. The minimum absolute atomic E-state index is 0.0947. The highest BCUT2D eigenvalue weighted by Crippen LogP contribution is 2.14. The molecule has 1 aliphatic heterocycles. The van der Waals surface area contributed by atoms with Gasteiger partial charge in [0.25, 0.3) is 0 Å². The predicted octanol–water partition coefficient (Wildman–Crippen LogP) is 0.927. The molecule has 1 N–H and O–H groups in total. The summed E-state index contributed by atoms with van der Waals surface area (Å²) in [6.45, 7) is 8.93. The van der Waals surface area contributed by atoms with Gasteiger partial charge in [0.15, 0.2) is 0 Å². The fourth-order valence-electron chi connectivity index (χ4n) is 2.09. The second-order valence-corrected chi connectivity index (χ2v) is 6.17. The summed E-state index contributed by atoms with van der Waals surface area (Å²) in [7, 11) is 4.17. The molecule has 0 aromatic heterocycles. The zero-order valence-electron chi connectivity index (χ0n) is 11.9. The van der Waals surface area contributed by atoms with E-state index in [4.69, 9.17) is 0 Å². The first-order chi connectivity index (χ1) is 7.79. The van der Waals surface area contributed by atoms with Crippen molar-refractivity contribution in [3.8, 4) is 0 Å². The minimum atomic E-state index is 0.0947. The average molecular weight is 241 g/mol. The van der Waals surface area contributed by atoms with Crippen LogP contribution in [-0.2, 0) is 4.79 Å². The topological polar surface area (TPSA) is 35.6 Å². The second kappa shape index (κ2) is 5.83. The van der Waals surface area contributed by atoms with Gasteiger partial charge in [-0.2, -0.15) is 0 Å². The van der Waals surface area contributed by atoms with E-state index in [-0.39, 0.29) is 11.4 Å². The minimum Gasteiger partial charge on any atom is -0.341 e. The number of likely N-dealkylation sites (tertiary alicyclic amines) is 1. The third-order valence-corrected chi connectivity index (χ3v) is 3.24. The molecule has 4 heteroatoms. The van der Waals surface area contributed by atoms with Crippen molar-refractivity contribution >= 4 is 5.91 Å². The Morgan fingerprint density at radius 1 is 1.41 bits per heavy atom. The van der Waals surface area contributed by atoms with Gasteiger partial charge in [0.1, 0.15) is 0 Å². The van der Waals surface area contributed by atoms with Gasteiger partial charge in [-0.05, 0) is 41.3 Å². The third-order valence-electron chi connectivity index (χ3n) is 3.24. The maximum Gasteiger partial charge on any atom is 0.223 e. The first kappa shape index (κ1) is 14.5. The highest BCUT2D eigenvalue weighted by Gasteiger charge is 2.27. The Labute approximate surface area is 105 Å². The molecule has 0 aromatic carbocycles. The number of hydrogen-bond donors (Lipinski definition) is 1. The highest BCUT2D eigenvalue weighted by molar-refractivity contribution is 5.76. The van der Waals surface area contributed by atoms with E-state index in [1.807, 2.05) is 4.90 Å². The molecular formula is C13H27N3O. The fraction of sp³-hybridized carbons (Fsp3) is 0.923. The predicted molar refractivity (Wildman–Crippen MR) is 71.0 cm³/mol. The standard InChI is InChI=1S/C13H27N3O/c1-13(2,3)14-8-6-12(17)16-9-7-11(10-16)15(4)5/h11,14H,6-10H2,1-5H3. The van der Waals surface area contributed by atoms with Gasteiger partial charge in [-0.15, -0.1) is 0 Å². The number of nitrogens with zero attached hydrogens (tertiary/aromatic N) is 2. The molecule has 1 unspecified atom stereocenters. The molecule has 4 nitrogen and oxygen atoms in total. The molecule has 0 aliphatic carbocycles. The van der Waals surface area contributed by atoms with E-state index in [1.54, 1.807) is 0 Å². The number of nitrogens with one attached hydrogen (secondary N) is 1. The van der Waals surface area contributed by atoms with Gasteiger partial charge in [-0.1, -0.05) is 0 Å². The molecule has 1 aliphatic rings. The zero-order chi connectivity index (χ0) is 13.1. The van der Waals surface area contributed by atoms with Crippen molar-refractivity contribution in [2.24, 2.45) is 0 Å². The summed E-state index contributed by atoms with van der Waals surface area (Å²) in [5.41, 5.74) is 0.0947. The molecule has 0 aromatic rings. The molecular weight excluding hydrogens is 214 g/mol. The smallest absolute Gasteiger partial charge is 0.223 e. The lowest BCUT2D eigenvalue weighted by atomic mass is 10.1. The van der Waals surface area contributed by atoms with Gasteiger partial charge in [0, 0.05) is 37.6 Å². The second-order valence-electron chi connectivity index (χ2n) is 6.17. The van der Waals surface area contributed by atoms with E-state index < -0.39 is 0 Å². The number of amides is 1. The van der Waals surface area contributed by atoms with Crippen LogP contribution in [-0.4, -0.2) is 61.0 Å². The van der Waals surface area contributed by atoms with Crippen molar-refractivity contribution in [1.82, 2.24) is 15.1 Å². The van der Waals surface area contributed by atoms with Gasteiger partial charge in [0.05, 0.1) is 0 Å². The van der Waals surface area contributed by atoms with Gasteiger partial charge in [0.2, 0.25) is 5.91 Å². The van der Waals surface area contributed by atoms with Crippen LogP contribution in [0.1, 0.15) is 33.6 Å². The summed E-state index contributed by atoms with van der Waals surface area (Å²) in [6.07, 6.45) is 1.71. The number of hydrogen-bond acceptors (Lipinski definition) is 3. The maximum atomic E-state index is 12.0. The van der Waals surface area contributed by atoms with Crippen molar-refractivity contribution in [3.05, 3.63) is 0 Å². The summed E-state index contributed by atoms with van der Waals surface area (Å²) < 4.78 is 0. The van der Waals surface area contributed by atoms with E-state index in [1.165, 1.54) is 0 Å². The molecule has 0 saturated carbocycles. The third kappa shape index (κ3) is 5.04. The molecule has 0 radical (unpaired) electrons. The van der Waals surface area contributed by atoms with Crippen LogP contribution in [0.25, 0.3) is 0 Å². The summed E-state index contributed by atoms with van der Waals surface area (Å²) >= 11 is 0. The Morgan fingerprint density at radius 3 is 2.53 bits per heavy atom. The van der Waals surface area contributed by atoms with Crippen LogP contribution >= 0.6 is 0 Å². The van der Waals surface area contributed by atoms with Crippen LogP contribution in [0.4, 0.5) is 0 Å². The Morgan fingerprint density at radius 2 is 2.06 bits per heavy atom. The summed E-state index contributed by atoms with van der Waals surface area (Å²) in [5, 5.41) is 3.35. The molecule has 100 valence electrons. The number of carbonyl (C=O) groups excluding carboxylic acids is 1. The molecule has 1 atom stereocenters. The SMILES string of the molecule is CN(C)C1CCN(C(=O)CCNC(C)(C)C)C1. The Hall–Kier alpha value is -0.610. The number of rotatable bonds is 4. The zero-order valence-corrected chi connectivity index (χ0v) is 11.9. The Bertz CT molecular complexity index is 258. The number of carbonyl (C=O) groups is 1. The Kier molecular flexibility index (Phi) is 4.95. The van der Waals surface area contributed by atoms with Crippen LogP contribution < -0.4 is 5.32 Å². The van der Waals surface area contributed by atoms with E-state index in [2.05, 4.69) is 45.1 Å². The molecule has 1 amide bonds. The van der Waals surface area contributed by atoms with E-state index in [0.717, 1.165) is 26.1 Å². The van der Waals surface area contributed by atoms with Gasteiger partial charge >= 0.3 is 0 Å². The summed E-state index contributed by atoms with van der Waals surface area (Å²) in [5.74, 6) is 0.283. The van der Waals surface area contributed by atoms with E-state index in [9.17, 15) is 4.79 Å². The lowest BCUT2D eigenvalue weighted by Gasteiger charge is -2.23. The lowest BCUT2D eigenvalue weighted by Crippen LogP contribution is -2.40. The van der Waals surface area contributed by atoms with Crippen LogP contribution in [0.15, 0.2) is 0 Å². The molecule has 1 fully saturated rings. The van der Waals surface area contributed by atoms with Gasteiger partial charge in [-0.25, -0.2) is 0 Å². The molecule has 1 saturated heterocycles. The van der Waals surface area contributed by atoms with Crippen LogP contribution in [0.2, 0.25) is 0 Å². The van der Waals surface area contributed by atoms with Crippen LogP contribution in [0, 0.1) is 0 Å². The normalized spacial score (nSPS) is 21.3. The first-order valence-electron chi connectivity index (χ1n) is 6.49. The first-order valence-corrected chi connectivity index (χ1v) is 6.49. The molecule has 1 heterocycles. The van der Waals surface area contributed by atoms with E-state index in [0.29, 0.717) is 12.5 Å². The van der Waals surface area contributed by atoms with Gasteiger partial charge < -0.3 is 15.1 Å². The van der Waals surface area contributed by atoms with Crippen molar-refractivity contribution < 1.29 is 4.79 Å². The van der Waals surface area contributed by atoms with Crippen molar-refractivity contribution in [2.45, 2.75) is 45.2 Å². The monoisotopic (exact) mass is 241 g/mol. The van der Waals surface area contributed by atoms with E-state index >= 15 is 0 Å². The largest absolute Gasteiger partial charge is 0.341 e. The number of likely N-dealkylation sites (N-methyl/N-ethyl adjacent to an activating group) is 1. The van der Waals surface area contributed by atoms with Crippen molar-refractivity contribution in [3.63, 3.8) is 0 Å². The van der Waals surface area contributed by atoms with Crippen molar-refractivity contribution in [1.29, 1.82) is 0 Å². The average Bonchev–Trinajstić information content (AvgIpc) is 2.63. The lowest BCUT2D eigenvalue weighted by molar-refractivity contribution is -0.130. The highest BCUT2D eigenvalue weighted by atomic mass is 16.2. The Balaban J connectivity index is 2.26. The van der Waals surface area contributed by atoms with Crippen LogP contribution in [0.5, 0.6) is 0 Å². The molecule has 17 heavy (non-hydrogen) atoms.